The van der Waals surface area contributed by atoms with E-state index in [4.69, 9.17) is 4.74 Å². The Bertz CT molecular complexity index is 1000. The molecule has 1 heterocycles. The van der Waals surface area contributed by atoms with Crippen molar-refractivity contribution in [2.45, 2.75) is 32.7 Å². The highest BCUT2D eigenvalue weighted by molar-refractivity contribution is 5.97. The number of ether oxygens (including phenoxy) is 1. The molecule has 28 heavy (non-hydrogen) atoms. The first kappa shape index (κ1) is 19.4. The van der Waals surface area contributed by atoms with Crippen LogP contribution in [-0.4, -0.2) is 17.5 Å². The molecular weight excluding hydrogens is 348 g/mol. The van der Waals surface area contributed by atoms with Gasteiger partial charge in [0.15, 0.2) is 0 Å². The van der Waals surface area contributed by atoms with Crippen LogP contribution in [0.2, 0.25) is 0 Å². The third kappa shape index (κ3) is 5.59. The number of unbranched alkanes of at least 4 members (excludes halogenated alkanes) is 2. The van der Waals surface area contributed by atoms with E-state index in [2.05, 4.69) is 29.1 Å². The van der Waals surface area contributed by atoms with Crippen molar-refractivity contribution in [3.05, 3.63) is 71.9 Å². The zero-order chi connectivity index (χ0) is 19.6. The Labute approximate surface area is 165 Å². The van der Waals surface area contributed by atoms with E-state index < -0.39 is 0 Å². The monoisotopic (exact) mass is 372 g/mol. The van der Waals surface area contributed by atoms with Gasteiger partial charge >= 0.3 is 0 Å². The van der Waals surface area contributed by atoms with Crippen LogP contribution in [0.3, 0.4) is 0 Å². The number of fused-ring (bicyclic) bond motifs is 1. The van der Waals surface area contributed by atoms with Crippen LogP contribution < -0.4 is 10.1 Å². The van der Waals surface area contributed by atoms with Crippen molar-refractivity contribution in [2.75, 3.05) is 6.61 Å². The van der Waals surface area contributed by atoms with Crippen LogP contribution in [0.25, 0.3) is 10.9 Å². The number of carbonyl (C=O) groups excluding carboxylic acids is 1. The van der Waals surface area contributed by atoms with Crippen LogP contribution in [0.5, 0.6) is 5.75 Å². The lowest BCUT2D eigenvalue weighted by Gasteiger charge is -2.08. The van der Waals surface area contributed by atoms with Crippen LogP contribution in [0, 0.1) is 11.8 Å². The minimum absolute atomic E-state index is 0.112. The number of aromatic nitrogens is 1. The highest BCUT2D eigenvalue weighted by atomic mass is 16.5. The smallest absolute Gasteiger partial charge is 0.251 e. The summed E-state index contributed by atoms with van der Waals surface area (Å²) in [5.41, 5.74) is 2.48. The maximum Gasteiger partial charge on any atom is 0.251 e. The molecule has 3 aromatic rings. The fraction of sp³-hybridized carbons (Fsp3) is 0.250. The molecule has 4 nitrogen and oxygen atoms in total. The molecule has 1 aromatic heterocycles. The minimum Gasteiger partial charge on any atom is -0.481 e. The molecular formula is C24H24N2O2. The zero-order valence-corrected chi connectivity index (χ0v) is 16.1. The van der Waals surface area contributed by atoms with Crippen molar-refractivity contribution in [3.63, 3.8) is 0 Å². The zero-order valence-electron chi connectivity index (χ0n) is 16.1. The van der Waals surface area contributed by atoms with Crippen molar-refractivity contribution in [3.8, 4) is 17.6 Å². The fourth-order valence-electron chi connectivity index (χ4n) is 2.77. The lowest BCUT2D eigenvalue weighted by Crippen LogP contribution is -2.22. The summed E-state index contributed by atoms with van der Waals surface area (Å²) in [6.45, 7) is 2.97. The van der Waals surface area contributed by atoms with E-state index in [1.165, 1.54) is 0 Å². The predicted molar refractivity (Wildman–Crippen MR) is 112 cm³/mol. The second-order valence-electron chi connectivity index (χ2n) is 6.49. The normalized spacial score (nSPS) is 10.2. The molecule has 3 rings (SSSR count). The Morgan fingerprint density at radius 1 is 1.11 bits per heavy atom. The summed E-state index contributed by atoms with van der Waals surface area (Å²) in [7, 11) is 0. The summed E-state index contributed by atoms with van der Waals surface area (Å²) >= 11 is 0. The molecule has 0 aliphatic carbocycles. The Hall–Kier alpha value is -3.32. The van der Waals surface area contributed by atoms with Crippen molar-refractivity contribution in [2.24, 2.45) is 0 Å². The van der Waals surface area contributed by atoms with Crippen LogP contribution in [0.1, 0.15) is 42.1 Å². The first-order chi connectivity index (χ1) is 13.8. The number of nitrogens with zero attached hydrogens (tertiary/aromatic N) is 1. The fourth-order valence-corrected chi connectivity index (χ4v) is 2.77. The highest BCUT2D eigenvalue weighted by Crippen LogP contribution is 2.15. The van der Waals surface area contributed by atoms with Gasteiger partial charge in [0.05, 0.1) is 5.52 Å². The van der Waals surface area contributed by atoms with Gasteiger partial charge in [-0.2, -0.15) is 0 Å². The highest BCUT2D eigenvalue weighted by Gasteiger charge is 2.07. The number of benzene rings is 2. The number of carbonyl (C=O) groups is 1. The standard InChI is InChI=1S/C24H24N2O2/c1-2-3-4-5-6-15-28-22-11-7-9-19(16-22)18-26-24(27)21-12-13-23-20(17-21)10-8-14-25-23/h7-14,16-17H,2-4,15,18H2,1H3,(H,26,27). The van der Waals surface area contributed by atoms with Crippen molar-refractivity contribution in [1.29, 1.82) is 0 Å². The summed E-state index contributed by atoms with van der Waals surface area (Å²) in [6, 6.07) is 17.0. The van der Waals surface area contributed by atoms with Gasteiger partial charge in [-0.15, -0.1) is 0 Å². The van der Waals surface area contributed by atoms with Gasteiger partial charge in [0, 0.05) is 30.1 Å². The quantitative estimate of drug-likeness (QED) is 0.481. The van der Waals surface area contributed by atoms with Gasteiger partial charge in [-0.25, -0.2) is 0 Å². The van der Waals surface area contributed by atoms with Crippen LogP contribution in [0.4, 0.5) is 0 Å². The molecule has 0 saturated heterocycles. The molecule has 142 valence electrons. The van der Waals surface area contributed by atoms with E-state index in [0.717, 1.165) is 41.5 Å². The van der Waals surface area contributed by atoms with E-state index >= 15 is 0 Å². The molecule has 0 saturated carbocycles. The van der Waals surface area contributed by atoms with E-state index in [1.54, 1.807) is 12.3 Å². The Balaban J connectivity index is 1.54. The minimum atomic E-state index is -0.112. The van der Waals surface area contributed by atoms with Crippen LogP contribution in [0.15, 0.2) is 60.8 Å². The molecule has 0 aliphatic heterocycles. The molecule has 0 bridgehead atoms. The average molecular weight is 372 g/mol. The van der Waals surface area contributed by atoms with Crippen LogP contribution >= 0.6 is 0 Å². The lowest BCUT2D eigenvalue weighted by atomic mass is 10.1. The topological polar surface area (TPSA) is 51.2 Å². The largest absolute Gasteiger partial charge is 0.481 e. The number of pyridine rings is 1. The number of hydrogen-bond acceptors (Lipinski definition) is 3. The maximum absolute atomic E-state index is 12.5. The van der Waals surface area contributed by atoms with Crippen molar-refractivity contribution < 1.29 is 9.53 Å². The number of hydrogen-bond donors (Lipinski definition) is 1. The molecule has 0 fully saturated rings. The first-order valence-corrected chi connectivity index (χ1v) is 9.56. The van der Waals surface area contributed by atoms with E-state index in [0.29, 0.717) is 18.7 Å². The number of rotatable bonds is 7. The molecule has 0 atom stereocenters. The van der Waals surface area contributed by atoms with Crippen molar-refractivity contribution >= 4 is 16.8 Å². The van der Waals surface area contributed by atoms with Gasteiger partial charge in [0.25, 0.3) is 5.91 Å². The van der Waals surface area contributed by atoms with E-state index in [1.807, 2.05) is 48.5 Å². The number of amides is 1. The number of nitrogens with one attached hydrogen (secondary N) is 1. The summed E-state index contributed by atoms with van der Waals surface area (Å²) in [5, 5.41) is 3.90. The molecule has 2 aromatic carbocycles. The first-order valence-electron chi connectivity index (χ1n) is 9.56. The third-order valence-electron chi connectivity index (χ3n) is 4.31. The predicted octanol–water partition coefficient (Wildman–Crippen LogP) is 4.74. The summed E-state index contributed by atoms with van der Waals surface area (Å²) < 4.78 is 5.67. The molecule has 4 heteroatoms. The lowest BCUT2D eigenvalue weighted by molar-refractivity contribution is 0.0951. The second-order valence-corrected chi connectivity index (χ2v) is 6.49. The van der Waals surface area contributed by atoms with Gasteiger partial charge in [-0.05, 0) is 48.4 Å². The van der Waals surface area contributed by atoms with E-state index in [9.17, 15) is 4.79 Å². The molecule has 0 spiro atoms. The van der Waals surface area contributed by atoms with Crippen LogP contribution in [-0.2, 0) is 6.54 Å². The van der Waals surface area contributed by atoms with Gasteiger partial charge in [-0.1, -0.05) is 43.4 Å². The van der Waals surface area contributed by atoms with E-state index in [-0.39, 0.29) is 5.91 Å². The Morgan fingerprint density at radius 2 is 2.04 bits per heavy atom. The van der Waals surface area contributed by atoms with Gasteiger partial charge in [0.2, 0.25) is 0 Å². The Morgan fingerprint density at radius 3 is 2.93 bits per heavy atom. The molecule has 0 unspecified atom stereocenters. The SMILES string of the molecule is CCCCC#CCOc1cccc(CNC(=O)c2ccc3ncccc3c2)c1. The summed E-state index contributed by atoms with van der Waals surface area (Å²) in [4.78, 5) is 16.7. The molecule has 0 aliphatic rings. The summed E-state index contributed by atoms with van der Waals surface area (Å²) in [5.74, 6) is 6.78. The average Bonchev–Trinajstić information content (AvgIpc) is 2.74. The Kier molecular flexibility index (Phi) is 7.03. The molecule has 1 amide bonds. The van der Waals surface area contributed by atoms with Gasteiger partial charge < -0.3 is 10.1 Å². The second kappa shape index (κ2) is 10.1. The van der Waals surface area contributed by atoms with Gasteiger partial charge in [-0.3, -0.25) is 9.78 Å². The van der Waals surface area contributed by atoms with Crippen molar-refractivity contribution in [1.82, 2.24) is 10.3 Å². The molecule has 0 radical (unpaired) electrons. The van der Waals surface area contributed by atoms with Gasteiger partial charge in [0.1, 0.15) is 12.4 Å². The maximum atomic E-state index is 12.5. The third-order valence-corrected chi connectivity index (χ3v) is 4.31. The summed E-state index contributed by atoms with van der Waals surface area (Å²) in [6.07, 6.45) is 4.93. The molecule has 1 N–H and O–H groups in total.